The van der Waals surface area contributed by atoms with Crippen molar-refractivity contribution in [3.63, 3.8) is 0 Å². The molecule has 0 saturated heterocycles. The van der Waals surface area contributed by atoms with Crippen molar-refractivity contribution in [2.45, 2.75) is 38.1 Å². The van der Waals surface area contributed by atoms with Gasteiger partial charge in [-0.1, -0.05) is 13.0 Å². The summed E-state index contributed by atoms with van der Waals surface area (Å²) in [5, 5.41) is 5.87. The predicted octanol–water partition coefficient (Wildman–Crippen LogP) is 2.72. The lowest BCUT2D eigenvalue weighted by molar-refractivity contribution is 0.179. The Morgan fingerprint density at radius 1 is 1.47 bits per heavy atom. The van der Waals surface area contributed by atoms with Crippen molar-refractivity contribution in [2.24, 2.45) is 0 Å². The maximum atomic E-state index is 11.8. The van der Waals surface area contributed by atoms with Gasteiger partial charge in [0.1, 0.15) is 0 Å². The Hall–Kier alpha value is -1.71. The highest BCUT2D eigenvalue weighted by atomic mass is 16.2. The summed E-state index contributed by atoms with van der Waals surface area (Å²) in [6.45, 7) is 2.11. The summed E-state index contributed by atoms with van der Waals surface area (Å²) in [7, 11) is 0. The molecule has 1 aliphatic carbocycles. The van der Waals surface area contributed by atoms with E-state index in [0.29, 0.717) is 5.69 Å². The van der Waals surface area contributed by atoms with Crippen LogP contribution in [0, 0.1) is 0 Å². The topological polar surface area (TPSA) is 67.2 Å². The molecule has 0 radical (unpaired) electrons. The van der Waals surface area contributed by atoms with E-state index >= 15 is 0 Å². The largest absolute Gasteiger partial charge is 0.399 e. The van der Waals surface area contributed by atoms with Crippen LogP contribution in [-0.2, 0) is 0 Å². The molecule has 0 heterocycles. The van der Waals surface area contributed by atoms with Crippen LogP contribution in [-0.4, -0.2) is 11.6 Å². The molecule has 1 aromatic carbocycles. The standard InChI is InChI=1S/C13H19N3O/c1-2-13(7-4-8-13)16-12(17)15-11-6-3-5-10(14)9-11/h3,5-6,9H,2,4,7-8,14H2,1H3,(H2,15,16,17). The Morgan fingerprint density at radius 2 is 2.24 bits per heavy atom. The number of amides is 2. The van der Waals surface area contributed by atoms with Crippen molar-refractivity contribution >= 4 is 17.4 Å². The lowest BCUT2D eigenvalue weighted by Gasteiger charge is -2.41. The van der Waals surface area contributed by atoms with E-state index in [1.807, 2.05) is 12.1 Å². The van der Waals surface area contributed by atoms with Crippen LogP contribution in [0.2, 0.25) is 0 Å². The molecule has 92 valence electrons. The zero-order chi connectivity index (χ0) is 12.3. The Bertz CT molecular complexity index is 407. The van der Waals surface area contributed by atoms with Gasteiger partial charge in [-0.2, -0.15) is 0 Å². The summed E-state index contributed by atoms with van der Waals surface area (Å²) in [4.78, 5) is 11.8. The molecule has 4 nitrogen and oxygen atoms in total. The minimum Gasteiger partial charge on any atom is -0.399 e. The maximum absolute atomic E-state index is 11.8. The van der Waals surface area contributed by atoms with E-state index in [9.17, 15) is 4.79 Å². The number of benzene rings is 1. The lowest BCUT2D eigenvalue weighted by atomic mass is 9.75. The number of hydrogen-bond donors (Lipinski definition) is 3. The van der Waals surface area contributed by atoms with E-state index in [1.165, 1.54) is 6.42 Å². The molecule has 0 aromatic heterocycles. The first kappa shape index (κ1) is 11.8. The molecule has 0 spiro atoms. The molecule has 1 saturated carbocycles. The lowest BCUT2D eigenvalue weighted by Crippen LogP contribution is -2.54. The number of rotatable bonds is 3. The minimum atomic E-state index is -0.142. The van der Waals surface area contributed by atoms with Gasteiger partial charge in [0.2, 0.25) is 0 Å². The number of anilines is 2. The van der Waals surface area contributed by atoms with Crippen LogP contribution < -0.4 is 16.4 Å². The van der Waals surface area contributed by atoms with Gasteiger partial charge >= 0.3 is 6.03 Å². The fourth-order valence-electron chi connectivity index (χ4n) is 2.19. The van der Waals surface area contributed by atoms with Crippen molar-refractivity contribution in [3.05, 3.63) is 24.3 Å². The summed E-state index contributed by atoms with van der Waals surface area (Å²) in [6, 6.07) is 7.05. The van der Waals surface area contributed by atoms with Crippen molar-refractivity contribution in [3.8, 4) is 0 Å². The third-order valence-electron chi connectivity index (χ3n) is 3.51. The summed E-state index contributed by atoms with van der Waals surface area (Å²) >= 11 is 0. The smallest absolute Gasteiger partial charge is 0.319 e. The second kappa shape index (κ2) is 4.65. The van der Waals surface area contributed by atoms with Gasteiger partial charge in [0, 0.05) is 16.9 Å². The zero-order valence-corrected chi connectivity index (χ0v) is 10.1. The normalized spacial score (nSPS) is 17.0. The molecule has 2 amide bonds. The third kappa shape index (κ3) is 2.70. The SMILES string of the molecule is CCC1(NC(=O)Nc2cccc(N)c2)CCC1. The van der Waals surface area contributed by atoms with Gasteiger partial charge in [0.05, 0.1) is 0 Å². The molecule has 17 heavy (non-hydrogen) atoms. The fourth-order valence-corrected chi connectivity index (χ4v) is 2.19. The first-order valence-corrected chi connectivity index (χ1v) is 6.08. The molecule has 1 aliphatic rings. The summed E-state index contributed by atoms with van der Waals surface area (Å²) in [6.07, 6.45) is 4.34. The first-order valence-electron chi connectivity index (χ1n) is 6.08. The number of nitrogens with two attached hydrogens (primary N) is 1. The van der Waals surface area contributed by atoms with Gasteiger partial charge in [-0.15, -0.1) is 0 Å². The number of carbonyl (C=O) groups excluding carboxylic acids is 1. The molecule has 2 rings (SSSR count). The van der Waals surface area contributed by atoms with Gasteiger partial charge in [0.15, 0.2) is 0 Å². The molecular weight excluding hydrogens is 214 g/mol. The van der Waals surface area contributed by atoms with E-state index in [2.05, 4.69) is 17.6 Å². The molecule has 1 aromatic rings. The Kier molecular flexibility index (Phi) is 3.22. The zero-order valence-electron chi connectivity index (χ0n) is 10.1. The highest BCUT2D eigenvalue weighted by Gasteiger charge is 2.36. The van der Waals surface area contributed by atoms with Crippen LogP contribution in [0.15, 0.2) is 24.3 Å². The minimum absolute atomic E-state index is 0.0183. The summed E-state index contributed by atoms with van der Waals surface area (Å²) in [5.74, 6) is 0. The van der Waals surface area contributed by atoms with E-state index in [0.717, 1.165) is 24.9 Å². The van der Waals surface area contributed by atoms with Gasteiger partial charge in [-0.3, -0.25) is 0 Å². The predicted molar refractivity (Wildman–Crippen MR) is 69.9 cm³/mol. The van der Waals surface area contributed by atoms with Gasteiger partial charge < -0.3 is 16.4 Å². The van der Waals surface area contributed by atoms with Crippen LogP contribution in [0.3, 0.4) is 0 Å². The number of urea groups is 1. The van der Waals surface area contributed by atoms with Crippen molar-refractivity contribution in [2.75, 3.05) is 11.1 Å². The summed E-state index contributed by atoms with van der Waals surface area (Å²) < 4.78 is 0. The third-order valence-corrected chi connectivity index (χ3v) is 3.51. The van der Waals surface area contributed by atoms with E-state index in [1.54, 1.807) is 12.1 Å². The Balaban J connectivity index is 1.93. The Morgan fingerprint density at radius 3 is 2.76 bits per heavy atom. The monoisotopic (exact) mass is 233 g/mol. The number of nitrogen functional groups attached to an aromatic ring is 1. The molecule has 0 aliphatic heterocycles. The second-order valence-corrected chi connectivity index (χ2v) is 4.69. The van der Waals surface area contributed by atoms with Crippen LogP contribution in [0.25, 0.3) is 0 Å². The molecule has 4 N–H and O–H groups in total. The van der Waals surface area contributed by atoms with Gasteiger partial charge in [0.25, 0.3) is 0 Å². The highest BCUT2D eigenvalue weighted by molar-refractivity contribution is 5.90. The fraction of sp³-hybridized carbons (Fsp3) is 0.462. The molecule has 0 bridgehead atoms. The van der Waals surface area contributed by atoms with Crippen LogP contribution in [0.1, 0.15) is 32.6 Å². The quantitative estimate of drug-likeness (QED) is 0.703. The molecule has 4 heteroatoms. The molecule has 0 atom stereocenters. The number of nitrogens with one attached hydrogen (secondary N) is 2. The van der Waals surface area contributed by atoms with Crippen LogP contribution in [0.5, 0.6) is 0 Å². The maximum Gasteiger partial charge on any atom is 0.319 e. The van der Waals surface area contributed by atoms with Crippen molar-refractivity contribution in [1.29, 1.82) is 0 Å². The van der Waals surface area contributed by atoms with Gasteiger partial charge in [-0.05, 0) is 43.9 Å². The van der Waals surface area contributed by atoms with E-state index in [-0.39, 0.29) is 11.6 Å². The second-order valence-electron chi connectivity index (χ2n) is 4.69. The van der Waals surface area contributed by atoms with E-state index in [4.69, 9.17) is 5.73 Å². The van der Waals surface area contributed by atoms with Crippen LogP contribution >= 0.6 is 0 Å². The van der Waals surface area contributed by atoms with Crippen LogP contribution in [0.4, 0.5) is 16.2 Å². The van der Waals surface area contributed by atoms with Crippen molar-refractivity contribution in [1.82, 2.24) is 5.32 Å². The van der Waals surface area contributed by atoms with Gasteiger partial charge in [-0.25, -0.2) is 4.79 Å². The van der Waals surface area contributed by atoms with E-state index < -0.39 is 0 Å². The average Bonchev–Trinajstić information content (AvgIpc) is 2.23. The molecule has 1 fully saturated rings. The summed E-state index contributed by atoms with van der Waals surface area (Å²) in [5.41, 5.74) is 7.05. The first-order chi connectivity index (χ1) is 8.13. The molecular formula is C13H19N3O. The number of carbonyl (C=O) groups is 1. The number of hydrogen-bond acceptors (Lipinski definition) is 2. The Labute approximate surface area is 102 Å². The highest BCUT2D eigenvalue weighted by Crippen LogP contribution is 2.34. The molecule has 0 unspecified atom stereocenters. The van der Waals surface area contributed by atoms with Crippen molar-refractivity contribution < 1.29 is 4.79 Å². The average molecular weight is 233 g/mol.